The van der Waals surface area contributed by atoms with E-state index in [4.69, 9.17) is 5.11 Å². The molecule has 0 bridgehead atoms. The summed E-state index contributed by atoms with van der Waals surface area (Å²) in [5.74, 6) is -0.931. The molecule has 100 valence electrons. The smallest absolute Gasteiger partial charge is 0.335 e. The molecule has 3 nitrogen and oxygen atoms in total. The van der Waals surface area contributed by atoms with Gasteiger partial charge in [-0.25, -0.2) is 4.79 Å². The fourth-order valence-corrected chi connectivity index (χ4v) is 2.54. The molecule has 20 heavy (non-hydrogen) atoms. The van der Waals surface area contributed by atoms with E-state index in [9.17, 15) is 4.79 Å². The van der Waals surface area contributed by atoms with Crippen LogP contribution in [0, 0.1) is 0 Å². The second-order valence-corrected chi connectivity index (χ2v) is 5.00. The summed E-state index contributed by atoms with van der Waals surface area (Å²) in [6.07, 6.45) is 5.34. The topological polar surface area (TPSA) is 49.7 Å². The highest BCUT2D eigenvalue weighted by atomic mass is 16.4. The van der Waals surface area contributed by atoms with E-state index >= 15 is 0 Å². The monoisotopic (exact) mass is 265 g/mol. The lowest BCUT2D eigenvalue weighted by Gasteiger charge is -2.00. The van der Waals surface area contributed by atoms with E-state index in [0.717, 1.165) is 12.0 Å². The SMILES string of the molecule is O=C(O)c1cccc(N=Cc2ccc3c(c2)CCC3)c1. The minimum absolute atomic E-state index is 0.258. The maximum atomic E-state index is 10.9. The van der Waals surface area contributed by atoms with Crippen LogP contribution in [0.25, 0.3) is 0 Å². The maximum Gasteiger partial charge on any atom is 0.335 e. The summed E-state index contributed by atoms with van der Waals surface area (Å²) < 4.78 is 0. The summed E-state index contributed by atoms with van der Waals surface area (Å²) in [6, 6.07) is 13.1. The summed E-state index contributed by atoms with van der Waals surface area (Å²) in [5.41, 5.74) is 4.83. The van der Waals surface area contributed by atoms with E-state index in [0.29, 0.717) is 5.69 Å². The molecule has 0 unspecified atom stereocenters. The lowest BCUT2D eigenvalue weighted by Crippen LogP contribution is -1.94. The van der Waals surface area contributed by atoms with Crippen molar-refractivity contribution in [1.29, 1.82) is 0 Å². The zero-order chi connectivity index (χ0) is 13.9. The van der Waals surface area contributed by atoms with Crippen LogP contribution in [-0.2, 0) is 12.8 Å². The minimum Gasteiger partial charge on any atom is -0.478 e. The third-order valence-electron chi connectivity index (χ3n) is 3.58. The van der Waals surface area contributed by atoms with Gasteiger partial charge in [0.25, 0.3) is 0 Å². The standard InChI is InChI=1S/C17H15NO2/c19-17(20)15-5-2-6-16(10-15)18-11-12-7-8-13-3-1-4-14(13)9-12/h2,5-11H,1,3-4H2,(H,19,20). The fourth-order valence-electron chi connectivity index (χ4n) is 2.54. The maximum absolute atomic E-state index is 10.9. The normalized spacial score (nSPS) is 13.6. The zero-order valence-electron chi connectivity index (χ0n) is 11.0. The number of hydrogen-bond donors (Lipinski definition) is 1. The molecule has 2 aromatic carbocycles. The number of carboxylic acid groups (broad SMARTS) is 1. The Kier molecular flexibility index (Phi) is 3.33. The molecule has 0 amide bonds. The number of nitrogens with zero attached hydrogens (tertiary/aromatic N) is 1. The Labute approximate surface area is 117 Å². The summed E-state index contributed by atoms with van der Waals surface area (Å²) in [7, 11) is 0. The van der Waals surface area contributed by atoms with Crippen LogP contribution in [0.3, 0.4) is 0 Å². The van der Waals surface area contributed by atoms with E-state index < -0.39 is 5.97 Å². The molecule has 1 aliphatic carbocycles. The van der Waals surface area contributed by atoms with Crippen molar-refractivity contribution < 1.29 is 9.90 Å². The second kappa shape index (κ2) is 5.29. The van der Waals surface area contributed by atoms with E-state index in [1.54, 1.807) is 30.5 Å². The second-order valence-electron chi connectivity index (χ2n) is 5.00. The van der Waals surface area contributed by atoms with Gasteiger partial charge in [-0.15, -0.1) is 0 Å². The van der Waals surface area contributed by atoms with Crippen LogP contribution >= 0.6 is 0 Å². The Morgan fingerprint density at radius 2 is 1.95 bits per heavy atom. The molecule has 3 rings (SSSR count). The average molecular weight is 265 g/mol. The van der Waals surface area contributed by atoms with Gasteiger partial charge in [0.1, 0.15) is 0 Å². The first-order chi connectivity index (χ1) is 9.72. The first kappa shape index (κ1) is 12.6. The number of aromatic carboxylic acids is 1. The summed E-state index contributed by atoms with van der Waals surface area (Å²) in [5, 5.41) is 8.95. The van der Waals surface area contributed by atoms with Crippen LogP contribution in [0.2, 0.25) is 0 Å². The van der Waals surface area contributed by atoms with E-state index in [-0.39, 0.29) is 5.56 Å². The van der Waals surface area contributed by atoms with Crippen molar-refractivity contribution in [3.05, 3.63) is 64.7 Å². The number of hydrogen-bond acceptors (Lipinski definition) is 2. The predicted molar refractivity (Wildman–Crippen MR) is 79.1 cm³/mol. The van der Waals surface area contributed by atoms with Gasteiger partial charge < -0.3 is 5.11 Å². The van der Waals surface area contributed by atoms with Gasteiger partial charge in [-0.1, -0.05) is 18.2 Å². The van der Waals surface area contributed by atoms with Crippen molar-refractivity contribution in [3.63, 3.8) is 0 Å². The van der Waals surface area contributed by atoms with Gasteiger partial charge >= 0.3 is 5.97 Å². The molecule has 0 aliphatic heterocycles. The van der Waals surface area contributed by atoms with Gasteiger partial charge in [-0.3, -0.25) is 4.99 Å². The zero-order valence-corrected chi connectivity index (χ0v) is 11.0. The molecule has 0 radical (unpaired) electrons. The van der Waals surface area contributed by atoms with Crippen molar-refractivity contribution in [2.45, 2.75) is 19.3 Å². The number of benzene rings is 2. The number of rotatable bonds is 3. The van der Waals surface area contributed by atoms with Crippen LogP contribution < -0.4 is 0 Å². The van der Waals surface area contributed by atoms with Gasteiger partial charge in [-0.05, 0) is 60.2 Å². The summed E-state index contributed by atoms with van der Waals surface area (Å²) >= 11 is 0. The number of carboxylic acids is 1. The highest BCUT2D eigenvalue weighted by Crippen LogP contribution is 2.22. The van der Waals surface area contributed by atoms with Crippen molar-refractivity contribution in [2.24, 2.45) is 4.99 Å². The van der Waals surface area contributed by atoms with Crippen LogP contribution in [0.1, 0.15) is 33.5 Å². The van der Waals surface area contributed by atoms with Crippen molar-refractivity contribution >= 4 is 17.9 Å². The summed E-state index contributed by atoms with van der Waals surface area (Å²) in [4.78, 5) is 15.3. The van der Waals surface area contributed by atoms with Crippen LogP contribution in [-0.4, -0.2) is 17.3 Å². The molecule has 3 heteroatoms. The predicted octanol–water partition coefficient (Wildman–Crippen LogP) is 3.62. The average Bonchev–Trinajstić information content (AvgIpc) is 2.93. The molecule has 1 aliphatic rings. The van der Waals surface area contributed by atoms with Crippen molar-refractivity contribution in [3.8, 4) is 0 Å². The Bertz CT molecular complexity index is 689. The molecule has 0 heterocycles. The molecule has 0 spiro atoms. The van der Waals surface area contributed by atoms with Gasteiger partial charge in [0, 0.05) is 6.21 Å². The lowest BCUT2D eigenvalue weighted by atomic mass is 10.1. The number of aliphatic imine (C=N–C) groups is 1. The van der Waals surface area contributed by atoms with Crippen LogP contribution in [0.5, 0.6) is 0 Å². The molecule has 0 saturated heterocycles. The molecular formula is C17H15NO2. The van der Waals surface area contributed by atoms with E-state index in [2.05, 4.69) is 23.2 Å². The largest absolute Gasteiger partial charge is 0.478 e. The molecule has 0 aromatic heterocycles. The molecule has 2 aromatic rings. The number of aryl methyl sites for hydroxylation is 2. The third-order valence-corrected chi connectivity index (χ3v) is 3.58. The van der Waals surface area contributed by atoms with Crippen molar-refractivity contribution in [2.75, 3.05) is 0 Å². The first-order valence-electron chi connectivity index (χ1n) is 6.71. The van der Waals surface area contributed by atoms with Gasteiger partial charge in [0.05, 0.1) is 11.3 Å². The fraction of sp³-hybridized carbons (Fsp3) is 0.176. The Morgan fingerprint density at radius 1 is 1.10 bits per heavy atom. The van der Waals surface area contributed by atoms with Gasteiger partial charge in [-0.2, -0.15) is 0 Å². The Balaban J connectivity index is 1.83. The van der Waals surface area contributed by atoms with E-state index in [1.165, 1.54) is 24.0 Å². The minimum atomic E-state index is -0.931. The molecule has 0 atom stereocenters. The third kappa shape index (κ3) is 2.62. The molecule has 1 N–H and O–H groups in total. The molecule has 0 fully saturated rings. The highest BCUT2D eigenvalue weighted by molar-refractivity contribution is 5.89. The molecule has 0 saturated carbocycles. The first-order valence-corrected chi connectivity index (χ1v) is 6.71. The number of carbonyl (C=O) groups is 1. The summed E-state index contributed by atoms with van der Waals surface area (Å²) in [6.45, 7) is 0. The Morgan fingerprint density at radius 3 is 2.80 bits per heavy atom. The quantitative estimate of drug-likeness (QED) is 0.862. The Hall–Kier alpha value is -2.42. The lowest BCUT2D eigenvalue weighted by molar-refractivity contribution is 0.0697. The van der Waals surface area contributed by atoms with Crippen LogP contribution in [0.4, 0.5) is 5.69 Å². The molecular weight excluding hydrogens is 250 g/mol. The van der Waals surface area contributed by atoms with Gasteiger partial charge in [0.15, 0.2) is 0 Å². The van der Waals surface area contributed by atoms with Gasteiger partial charge in [0.2, 0.25) is 0 Å². The van der Waals surface area contributed by atoms with Crippen LogP contribution in [0.15, 0.2) is 47.5 Å². The highest BCUT2D eigenvalue weighted by Gasteiger charge is 2.09. The van der Waals surface area contributed by atoms with Crippen molar-refractivity contribution in [1.82, 2.24) is 0 Å². The van der Waals surface area contributed by atoms with E-state index in [1.807, 2.05) is 0 Å². The number of fused-ring (bicyclic) bond motifs is 1.